The molecule has 1 aromatic heterocycles. The molecular formula is C7H8N2OS. The van der Waals surface area contributed by atoms with Gasteiger partial charge in [-0.3, -0.25) is 4.72 Å². The first-order chi connectivity index (χ1) is 5.47. The van der Waals surface area contributed by atoms with E-state index >= 15 is 0 Å². The fourth-order valence-electron chi connectivity index (χ4n) is 0.880. The maximum absolute atomic E-state index is 5.35. The van der Waals surface area contributed by atoms with Gasteiger partial charge in [0.2, 0.25) is 5.88 Å². The summed E-state index contributed by atoms with van der Waals surface area (Å²) < 4.78 is 8.51. The van der Waals surface area contributed by atoms with Crippen LogP contribution in [0, 0.1) is 0 Å². The lowest BCUT2D eigenvalue weighted by Crippen LogP contribution is -2.10. The van der Waals surface area contributed by atoms with Crippen LogP contribution in [0.2, 0.25) is 0 Å². The molecule has 3 nitrogen and oxygen atoms in total. The summed E-state index contributed by atoms with van der Waals surface area (Å²) in [7, 11) is 0. The third-order valence-electron chi connectivity index (χ3n) is 1.36. The SMILES string of the molecule is c1cnc2c(c1)SNCCO2. The first-order valence-electron chi connectivity index (χ1n) is 3.44. The highest BCUT2D eigenvalue weighted by atomic mass is 32.2. The monoisotopic (exact) mass is 168 g/mol. The Labute approximate surface area is 69.3 Å². The highest BCUT2D eigenvalue weighted by molar-refractivity contribution is 7.97. The average Bonchev–Trinajstić information content (AvgIpc) is 2.28. The van der Waals surface area contributed by atoms with Crippen molar-refractivity contribution < 1.29 is 4.74 Å². The molecule has 0 spiro atoms. The van der Waals surface area contributed by atoms with Gasteiger partial charge in [0.05, 0.1) is 4.90 Å². The van der Waals surface area contributed by atoms with Crippen LogP contribution in [-0.2, 0) is 0 Å². The zero-order valence-electron chi connectivity index (χ0n) is 5.91. The van der Waals surface area contributed by atoms with Crippen LogP contribution in [0.25, 0.3) is 0 Å². The van der Waals surface area contributed by atoms with Crippen LogP contribution in [0.5, 0.6) is 5.88 Å². The van der Waals surface area contributed by atoms with Gasteiger partial charge in [0.1, 0.15) is 6.61 Å². The first-order valence-corrected chi connectivity index (χ1v) is 4.26. The molecule has 11 heavy (non-hydrogen) atoms. The molecule has 0 aromatic carbocycles. The van der Waals surface area contributed by atoms with Gasteiger partial charge in [0, 0.05) is 12.7 Å². The quantitative estimate of drug-likeness (QED) is 0.588. The van der Waals surface area contributed by atoms with Gasteiger partial charge >= 0.3 is 0 Å². The van der Waals surface area contributed by atoms with Crippen molar-refractivity contribution in [2.45, 2.75) is 4.90 Å². The average molecular weight is 168 g/mol. The van der Waals surface area contributed by atoms with Crippen molar-refractivity contribution in [2.24, 2.45) is 0 Å². The molecule has 0 aliphatic carbocycles. The third kappa shape index (κ3) is 1.46. The van der Waals surface area contributed by atoms with Gasteiger partial charge in [-0.2, -0.15) is 0 Å². The maximum Gasteiger partial charge on any atom is 0.228 e. The highest BCUT2D eigenvalue weighted by Gasteiger charge is 2.07. The minimum absolute atomic E-state index is 0.691. The van der Waals surface area contributed by atoms with Crippen molar-refractivity contribution in [1.82, 2.24) is 9.71 Å². The molecule has 1 N–H and O–H groups in total. The Morgan fingerprint density at radius 1 is 1.64 bits per heavy atom. The topological polar surface area (TPSA) is 34.2 Å². The molecule has 0 bridgehead atoms. The molecular weight excluding hydrogens is 160 g/mol. The van der Waals surface area contributed by atoms with Crippen LogP contribution < -0.4 is 9.46 Å². The van der Waals surface area contributed by atoms with Crippen LogP contribution in [0.15, 0.2) is 23.2 Å². The van der Waals surface area contributed by atoms with Gasteiger partial charge in [-0.1, -0.05) is 0 Å². The Morgan fingerprint density at radius 2 is 2.64 bits per heavy atom. The molecule has 0 radical (unpaired) electrons. The summed E-state index contributed by atoms with van der Waals surface area (Å²) in [5.41, 5.74) is 0. The number of hydrogen-bond acceptors (Lipinski definition) is 4. The van der Waals surface area contributed by atoms with Crippen molar-refractivity contribution in [1.29, 1.82) is 0 Å². The van der Waals surface area contributed by atoms with Crippen molar-refractivity contribution in [3.8, 4) is 5.88 Å². The second-order valence-electron chi connectivity index (χ2n) is 2.15. The lowest BCUT2D eigenvalue weighted by molar-refractivity contribution is 0.308. The molecule has 58 valence electrons. The zero-order valence-corrected chi connectivity index (χ0v) is 6.73. The third-order valence-corrected chi connectivity index (χ3v) is 2.24. The number of rotatable bonds is 0. The van der Waals surface area contributed by atoms with E-state index in [1.54, 1.807) is 18.1 Å². The Hall–Kier alpha value is -0.740. The summed E-state index contributed by atoms with van der Waals surface area (Å²) in [6, 6.07) is 3.90. The lowest BCUT2D eigenvalue weighted by Gasteiger charge is -2.01. The van der Waals surface area contributed by atoms with Gasteiger partial charge in [-0.05, 0) is 24.1 Å². The molecule has 4 heteroatoms. The lowest BCUT2D eigenvalue weighted by atomic mass is 10.5. The Balaban J connectivity index is 2.33. The van der Waals surface area contributed by atoms with E-state index in [0.29, 0.717) is 6.61 Å². The van der Waals surface area contributed by atoms with Crippen LogP contribution >= 0.6 is 11.9 Å². The molecule has 0 fully saturated rings. The Kier molecular flexibility index (Phi) is 1.96. The number of hydrogen-bond donors (Lipinski definition) is 1. The zero-order chi connectivity index (χ0) is 7.52. The summed E-state index contributed by atoms with van der Waals surface area (Å²) in [4.78, 5) is 5.16. The van der Waals surface area contributed by atoms with E-state index in [2.05, 4.69) is 9.71 Å². The van der Waals surface area contributed by atoms with Crippen LogP contribution in [0.3, 0.4) is 0 Å². The fourth-order valence-corrected chi connectivity index (χ4v) is 1.57. The Bertz CT molecular complexity index is 229. The molecule has 1 aliphatic heterocycles. The first kappa shape index (κ1) is 6.94. The van der Waals surface area contributed by atoms with Crippen molar-refractivity contribution in [3.05, 3.63) is 18.3 Å². The number of ether oxygens (including phenoxy) is 1. The second kappa shape index (κ2) is 3.11. The highest BCUT2D eigenvalue weighted by Crippen LogP contribution is 2.25. The molecule has 0 saturated heterocycles. The molecule has 0 saturated carbocycles. The minimum Gasteiger partial charge on any atom is -0.475 e. The van der Waals surface area contributed by atoms with E-state index in [-0.39, 0.29) is 0 Å². The predicted octanol–water partition coefficient (Wildman–Crippen LogP) is 1.07. The van der Waals surface area contributed by atoms with Crippen LogP contribution in [0.1, 0.15) is 0 Å². The summed E-state index contributed by atoms with van der Waals surface area (Å²) in [5.74, 6) is 0.738. The normalized spacial score (nSPS) is 16.4. The van der Waals surface area contributed by atoms with Crippen molar-refractivity contribution in [3.63, 3.8) is 0 Å². The van der Waals surface area contributed by atoms with Crippen LogP contribution in [0.4, 0.5) is 0 Å². The summed E-state index contributed by atoms with van der Waals surface area (Å²) >= 11 is 1.57. The number of aromatic nitrogens is 1. The van der Waals surface area contributed by atoms with E-state index in [9.17, 15) is 0 Å². The number of fused-ring (bicyclic) bond motifs is 1. The van der Waals surface area contributed by atoms with Crippen molar-refractivity contribution in [2.75, 3.05) is 13.2 Å². The Morgan fingerprint density at radius 3 is 3.64 bits per heavy atom. The van der Waals surface area contributed by atoms with E-state index in [4.69, 9.17) is 4.74 Å². The fraction of sp³-hybridized carbons (Fsp3) is 0.286. The van der Waals surface area contributed by atoms with Gasteiger partial charge in [0.25, 0.3) is 0 Å². The molecule has 0 unspecified atom stereocenters. The van der Waals surface area contributed by atoms with Crippen molar-refractivity contribution >= 4 is 11.9 Å². The minimum atomic E-state index is 0.691. The van der Waals surface area contributed by atoms with Gasteiger partial charge in [-0.15, -0.1) is 0 Å². The summed E-state index contributed by atoms with van der Waals surface area (Å²) in [6.45, 7) is 1.55. The van der Waals surface area contributed by atoms with E-state index in [0.717, 1.165) is 17.3 Å². The van der Waals surface area contributed by atoms with Gasteiger partial charge in [0.15, 0.2) is 0 Å². The van der Waals surface area contributed by atoms with Crippen LogP contribution in [-0.4, -0.2) is 18.1 Å². The standard InChI is InChI=1S/C7H8N2OS/c1-2-6-7(8-3-1)10-5-4-9-11-6/h1-3,9H,4-5H2. The van der Waals surface area contributed by atoms with E-state index in [1.165, 1.54) is 0 Å². The van der Waals surface area contributed by atoms with E-state index < -0.39 is 0 Å². The molecule has 2 rings (SSSR count). The largest absolute Gasteiger partial charge is 0.475 e. The molecule has 1 aliphatic rings. The predicted molar refractivity (Wildman–Crippen MR) is 43.6 cm³/mol. The van der Waals surface area contributed by atoms with E-state index in [1.807, 2.05) is 12.1 Å². The molecule has 1 aromatic rings. The number of pyridine rings is 1. The molecule has 0 atom stereocenters. The smallest absolute Gasteiger partial charge is 0.228 e. The van der Waals surface area contributed by atoms with Gasteiger partial charge < -0.3 is 4.74 Å². The molecule has 2 heterocycles. The maximum atomic E-state index is 5.35. The number of nitrogens with zero attached hydrogens (tertiary/aromatic N) is 1. The van der Waals surface area contributed by atoms with Gasteiger partial charge in [-0.25, -0.2) is 4.98 Å². The number of nitrogens with one attached hydrogen (secondary N) is 1. The molecule has 0 amide bonds. The summed E-state index contributed by atoms with van der Waals surface area (Å²) in [6.07, 6.45) is 1.74. The summed E-state index contributed by atoms with van der Waals surface area (Å²) in [5, 5.41) is 0. The second-order valence-corrected chi connectivity index (χ2v) is 3.08.